The molecule has 0 aliphatic heterocycles. The van der Waals surface area contributed by atoms with E-state index in [1.54, 1.807) is 56.5 Å². The van der Waals surface area contributed by atoms with Gasteiger partial charge in [0, 0.05) is 69.3 Å². The Bertz CT molecular complexity index is 5500. The number of aldehydes is 1. The Morgan fingerprint density at radius 1 is 0.427 bits per heavy atom. The number of methoxy groups -OCH3 is 2. The molecule has 3 heterocycles. The van der Waals surface area contributed by atoms with Crippen molar-refractivity contribution in [2.45, 2.75) is 47.5 Å². The molecule has 3 aromatic heterocycles. The molecule has 15 heteroatoms. The van der Waals surface area contributed by atoms with Crippen molar-refractivity contribution < 1.29 is 48.2 Å². The van der Waals surface area contributed by atoms with Gasteiger partial charge in [0.15, 0.2) is 24.0 Å². The second kappa shape index (κ2) is 46.9. The van der Waals surface area contributed by atoms with Crippen molar-refractivity contribution in [1.29, 1.82) is 0 Å². The van der Waals surface area contributed by atoms with Gasteiger partial charge in [-0.25, -0.2) is 4.79 Å². The van der Waals surface area contributed by atoms with E-state index in [9.17, 15) is 39.2 Å². The third-order valence-electron chi connectivity index (χ3n) is 18.1. The molecule has 590 valence electrons. The second-order valence-corrected chi connectivity index (χ2v) is 26.7. The maximum Gasteiger partial charge on any atom is 0.343 e. The molecule has 0 fully saturated rings. The normalized spacial score (nSPS) is 10.4. The molecule has 1 unspecified atom stereocenters. The molecule has 0 saturated carbocycles. The number of aryl methyl sites for hydroxylation is 3. The van der Waals surface area contributed by atoms with Crippen molar-refractivity contribution in [2.24, 2.45) is 0 Å². The summed E-state index contributed by atoms with van der Waals surface area (Å²) in [6.45, 7) is 7.24. The highest BCUT2D eigenvalue weighted by Crippen LogP contribution is 2.31. The van der Waals surface area contributed by atoms with Gasteiger partial charge in [-0.2, -0.15) is 0 Å². The van der Waals surface area contributed by atoms with Crippen LogP contribution in [0, 0.1) is 30.9 Å². The Balaban J connectivity index is 0.000000173. The summed E-state index contributed by atoms with van der Waals surface area (Å²) in [4.78, 5) is 76.3. The SMILES string of the molecule is C.CC(=O)c1ccccc1.COC(=O)COc1ccc(-c2c[nH]c(-c3ccccc3)c2)cc1.COc1ccc(-c2c[nH]c(-c3ccccc3)c2)cc1.Cc1ccc(/C=C/C(=O)c2ccccc2)cc1.Cc1ccc(C(CC(=O)c2ccccc2)C[N+](=O)[O-])cc1.Cc1ccc(C=O)cc1.Oc1ccc(-c2c[nH]c(-c3ccccc3)c2)cc1. The minimum absolute atomic E-state index is 0. The Morgan fingerprint density at radius 3 is 1.15 bits per heavy atom. The number of nitro groups is 1. The zero-order valence-electron chi connectivity index (χ0n) is 65.5. The molecule has 12 aromatic carbocycles. The van der Waals surface area contributed by atoms with Gasteiger partial charge in [-0.3, -0.25) is 29.3 Å². The number of carbonyl (C=O) groups is 5. The highest BCUT2D eigenvalue weighted by Gasteiger charge is 2.22. The van der Waals surface area contributed by atoms with Crippen LogP contribution in [-0.2, 0) is 9.53 Å². The number of hydrogen-bond acceptors (Lipinski definition) is 11. The first kappa shape index (κ1) is 87.7. The van der Waals surface area contributed by atoms with Crippen LogP contribution in [0.3, 0.4) is 0 Å². The molecule has 1 atom stereocenters. The number of aromatic hydroxyl groups is 1. The minimum Gasteiger partial charge on any atom is -0.508 e. The minimum atomic E-state index is -0.396. The zero-order chi connectivity index (χ0) is 82.2. The van der Waals surface area contributed by atoms with Gasteiger partial charge < -0.3 is 34.3 Å². The van der Waals surface area contributed by atoms with E-state index >= 15 is 0 Å². The number of ketones is 3. The average molecular weight is 1550 g/mol. The number of aromatic nitrogens is 3. The molecule has 15 aromatic rings. The number of H-pyrrole nitrogens is 3. The summed E-state index contributed by atoms with van der Waals surface area (Å²) < 4.78 is 15.1. The largest absolute Gasteiger partial charge is 0.508 e. The van der Waals surface area contributed by atoms with Crippen LogP contribution in [0.5, 0.6) is 17.2 Å². The topological polar surface area (TPSA) is 224 Å². The van der Waals surface area contributed by atoms with E-state index < -0.39 is 11.9 Å². The highest BCUT2D eigenvalue weighted by molar-refractivity contribution is 6.06. The lowest BCUT2D eigenvalue weighted by Gasteiger charge is -2.13. The predicted molar refractivity (Wildman–Crippen MR) is 473 cm³/mol. The van der Waals surface area contributed by atoms with Gasteiger partial charge in [0.1, 0.15) is 23.5 Å². The third-order valence-corrected chi connectivity index (χ3v) is 18.1. The van der Waals surface area contributed by atoms with Crippen LogP contribution >= 0.6 is 0 Å². The van der Waals surface area contributed by atoms with Gasteiger partial charge in [0.2, 0.25) is 6.54 Å². The van der Waals surface area contributed by atoms with Gasteiger partial charge in [-0.15, -0.1) is 0 Å². The molecule has 117 heavy (non-hydrogen) atoms. The summed E-state index contributed by atoms with van der Waals surface area (Å²) in [5.74, 6) is 1.10. The molecule has 0 aliphatic carbocycles. The Kier molecular flexibility index (Phi) is 35.1. The molecule has 15 nitrogen and oxygen atoms in total. The lowest BCUT2D eigenvalue weighted by Crippen LogP contribution is -2.16. The maximum atomic E-state index is 12.3. The van der Waals surface area contributed by atoms with Crippen LogP contribution in [-0.4, -0.2) is 82.0 Å². The molecule has 0 aliphatic rings. The number of esters is 1. The molecule has 0 saturated heterocycles. The molecule has 15 rings (SSSR count). The summed E-state index contributed by atoms with van der Waals surface area (Å²) in [6.07, 6.45) is 10.4. The predicted octanol–water partition coefficient (Wildman–Crippen LogP) is 24.2. The van der Waals surface area contributed by atoms with E-state index in [1.165, 1.54) is 40.5 Å². The van der Waals surface area contributed by atoms with Crippen molar-refractivity contribution in [3.63, 3.8) is 0 Å². The number of phenolic OH excluding ortho intramolecular Hbond substituents is 1. The fraction of sp³-hybridized carbons (Fsp3) is 0.108. The summed E-state index contributed by atoms with van der Waals surface area (Å²) in [5, 5.41) is 20.1. The highest BCUT2D eigenvalue weighted by atomic mass is 16.6. The smallest absolute Gasteiger partial charge is 0.343 e. The first-order chi connectivity index (χ1) is 56.4. The number of benzene rings is 12. The Labute approximate surface area is 684 Å². The lowest BCUT2D eigenvalue weighted by atomic mass is 9.91. The molecule has 0 bridgehead atoms. The zero-order valence-corrected chi connectivity index (χ0v) is 65.5. The van der Waals surface area contributed by atoms with E-state index in [0.717, 1.165) is 90.3 Å². The van der Waals surface area contributed by atoms with Crippen molar-refractivity contribution in [1.82, 2.24) is 15.0 Å². The number of Topliss-reactive ketones (excluding diaryl/α,β-unsaturated/α-hetero) is 2. The number of aromatic amines is 3. The van der Waals surface area contributed by atoms with Gasteiger partial charge in [-0.05, 0) is 150 Å². The van der Waals surface area contributed by atoms with Gasteiger partial charge >= 0.3 is 5.97 Å². The molecule has 4 N–H and O–H groups in total. The fourth-order valence-corrected chi connectivity index (χ4v) is 11.6. The molecule has 0 spiro atoms. The standard InChI is InChI=1S/C19H17NO3.C17H17NO3.C17H15NO.C16H13NO.C16H14O.2C8H8O.CH4/c1-22-19(21)13-23-17-9-7-14(8-10-17)16-11-18(20-12-16)15-5-3-2-4-6-15;1-13-7-9-14(10-8-13)16(12-18(20)21)11-17(19)15-5-3-2-4-6-15;1-19-16-9-7-13(8-10-16)15-11-17(18-12-15)14-5-3-2-4-6-14;18-15-8-6-12(7-9-15)14-10-16(17-11-14)13-4-2-1-3-5-13;1-13-7-9-14(10-8-13)11-12-16(17)15-5-3-2-4-6-15;1-7-2-4-8(6-9)5-3-7;1-7(9)8-5-3-2-4-6-8;/h2-12,20H,13H2,1H3;2-10,16H,11-12H2,1H3;2-12,18H,1H3;1-11,17-18H;2-12H,1H3;2*2-6H,1H3;1H4/b;;;;12-11+;;;. The summed E-state index contributed by atoms with van der Waals surface area (Å²) in [6, 6.07) is 110. The van der Waals surface area contributed by atoms with Gasteiger partial charge in [0.05, 0.1) is 20.1 Å². The molecular weight excluding hydrogens is 1460 g/mol. The van der Waals surface area contributed by atoms with E-state index in [4.69, 9.17) is 9.47 Å². The van der Waals surface area contributed by atoms with Crippen molar-refractivity contribution in [2.75, 3.05) is 27.4 Å². The third kappa shape index (κ3) is 29.3. The summed E-state index contributed by atoms with van der Waals surface area (Å²) in [7, 11) is 3.02. The van der Waals surface area contributed by atoms with Crippen LogP contribution in [0.2, 0.25) is 0 Å². The van der Waals surface area contributed by atoms with Gasteiger partial charge in [-0.1, -0.05) is 321 Å². The van der Waals surface area contributed by atoms with Crippen LogP contribution in [0.25, 0.3) is 73.2 Å². The first-order valence-electron chi connectivity index (χ1n) is 37.5. The summed E-state index contributed by atoms with van der Waals surface area (Å²) in [5.41, 5.74) is 21.8. The summed E-state index contributed by atoms with van der Waals surface area (Å²) >= 11 is 0. The van der Waals surface area contributed by atoms with Crippen molar-refractivity contribution >= 4 is 35.7 Å². The van der Waals surface area contributed by atoms with Gasteiger partial charge in [0.25, 0.3) is 0 Å². The molecular formula is C102H96N4O11. The number of carbonyl (C=O) groups excluding carboxylic acids is 5. The number of phenols is 1. The van der Waals surface area contributed by atoms with E-state index in [2.05, 4.69) is 86.4 Å². The number of ether oxygens (including phenoxy) is 3. The van der Waals surface area contributed by atoms with Crippen LogP contribution in [0.4, 0.5) is 0 Å². The Morgan fingerprint density at radius 2 is 0.786 bits per heavy atom. The van der Waals surface area contributed by atoms with E-state index in [0.29, 0.717) is 11.3 Å². The molecule has 0 radical (unpaired) electrons. The van der Waals surface area contributed by atoms with Crippen molar-refractivity contribution in [3.05, 3.63) is 431 Å². The Hall–Kier alpha value is -14.8. The number of hydrogen-bond donors (Lipinski definition) is 4. The average Bonchev–Trinajstić information content (AvgIpc) is 1.64. The second-order valence-electron chi connectivity index (χ2n) is 26.7. The lowest BCUT2D eigenvalue weighted by molar-refractivity contribution is -0.483. The maximum absolute atomic E-state index is 12.3. The van der Waals surface area contributed by atoms with Crippen LogP contribution < -0.4 is 9.47 Å². The first-order valence-corrected chi connectivity index (χ1v) is 37.5. The van der Waals surface area contributed by atoms with E-state index in [-0.39, 0.29) is 55.0 Å². The number of nitrogens with one attached hydrogen (secondary N) is 3. The van der Waals surface area contributed by atoms with Crippen LogP contribution in [0.15, 0.2) is 370 Å². The quantitative estimate of drug-likeness (QED) is 0.0132. The van der Waals surface area contributed by atoms with Crippen LogP contribution in [0.1, 0.15) is 95.9 Å². The van der Waals surface area contributed by atoms with Crippen molar-refractivity contribution in [3.8, 4) is 84.4 Å². The molecule has 0 amide bonds. The fourth-order valence-electron chi connectivity index (χ4n) is 11.6. The monoisotopic (exact) mass is 1550 g/mol. The number of nitrogens with zero attached hydrogens (tertiary/aromatic N) is 1. The number of allylic oxidation sites excluding steroid dienone is 1. The number of rotatable bonds is 21. The van der Waals surface area contributed by atoms with E-state index in [1.807, 2.05) is 288 Å².